The summed E-state index contributed by atoms with van der Waals surface area (Å²) in [5.41, 5.74) is 1.28. The molecule has 0 spiro atoms. The SMILES string of the molecule is NS(=O)(=O)OC[C@@H]1O[C@@H](c2ccccc2)O[C@H]1c1c(Cl)cccc1Cl. The highest BCUT2D eigenvalue weighted by Gasteiger charge is 2.40. The van der Waals surface area contributed by atoms with Gasteiger partial charge in [-0.15, -0.1) is 0 Å². The molecule has 0 saturated carbocycles. The van der Waals surface area contributed by atoms with Crippen LogP contribution in [-0.4, -0.2) is 21.1 Å². The zero-order valence-electron chi connectivity index (χ0n) is 12.8. The van der Waals surface area contributed by atoms with Gasteiger partial charge in [0.2, 0.25) is 0 Å². The number of hydrogen-bond donors (Lipinski definition) is 1. The fraction of sp³-hybridized carbons (Fsp3) is 0.250. The Morgan fingerprint density at radius 1 is 1.00 bits per heavy atom. The fourth-order valence-electron chi connectivity index (χ4n) is 2.58. The minimum absolute atomic E-state index is 0.325. The normalized spacial score (nSPS) is 23.7. The monoisotopic (exact) mass is 403 g/mol. The third kappa shape index (κ3) is 4.51. The summed E-state index contributed by atoms with van der Waals surface area (Å²) in [6.07, 6.45) is -2.19. The van der Waals surface area contributed by atoms with E-state index in [0.717, 1.165) is 5.56 Å². The fourth-order valence-corrected chi connectivity index (χ4v) is 3.51. The molecule has 2 aromatic rings. The maximum atomic E-state index is 11.1. The van der Waals surface area contributed by atoms with E-state index in [-0.39, 0.29) is 6.61 Å². The van der Waals surface area contributed by atoms with Gasteiger partial charge in [0, 0.05) is 21.2 Å². The van der Waals surface area contributed by atoms with Gasteiger partial charge in [-0.1, -0.05) is 59.6 Å². The van der Waals surface area contributed by atoms with Gasteiger partial charge in [0.05, 0.1) is 6.61 Å². The summed E-state index contributed by atoms with van der Waals surface area (Å²) in [6.45, 7) is -0.325. The van der Waals surface area contributed by atoms with Crippen molar-refractivity contribution in [3.63, 3.8) is 0 Å². The molecule has 2 N–H and O–H groups in total. The van der Waals surface area contributed by atoms with Gasteiger partial charge in [0.1, 0.15) is 12.2 Å². The van der Waals surface area contributed by atoms with E-state index in [1.165, 1.54) is 0 Å². The summed E-state index contributed by atoms with van der Waals surface area (Å²) in [4.78, 5) is 0. The van der Waals surface area contributed by atoms with Gasteiger partial charge in [-0.05, 0) is 12.1 Å². The highest BCUT2D eigenvalue weighted by molar-refractivity contribution is 7.84. The highest BCUT2D eigenvalue weighted by atomic mass is 35.5. The van der Waals surface area contributed by atoms with E-state index in [1.807, 2.05) is 30.3 Å². The van der Waals surface area contributed by atoms with E-state index in [4.69, 9.17) is 37.8 Å². The summed E-state index contributed by atoms with van der Waals surface area (Å²) >= 11 is 12.5. The van der Waals surface area contributed by atoms with Gasteiger partial charge in [-0.25, -0.2) is 5.14 Å². The Morgan fingerprint density at radius 3 is 2.24 bits per heavy atom. The van der Waals surface area contributed by atoms with Crippen LogP contribution in [0.15, 0.2) is 48.5 Å². The maximum Gasteiger partial charge on any atom is 0.333 e. The number of benzene rings is 2. The summed E-state index contributed by atoms with van der Waals surface area (Å²) in [5.74, 6) is 0. The molecule has 1 fully saturated rings. The third-order valence-corrected chi connectivity index (χ3v) is 4.78. The number of ether oxygens (including phenoxy) is 2. The van der Waals surface area contributed by atoms with Crippen LogP contribution in [0.2, 0.25) is 10.0 Å². The zero-order chi connectivity index (χ0) is 18.0. The molecule has 1 aliphatic rings. The summed E-state index contributed by atoms with van der Waals surface area (Å²) < 4.78 is 38.7. The molecule has 3 rings (SSSR count). The van der Waals surface area contributed by atoms with E-state index >= 15 is 0 Å². The Kier molecular flexibility index (Phi) is 5.65. The molecule has 25 heavy (non-hydrogen) atoms. The van der Waals surface area contributed by atoms with Crippen LogP contribution in [0.25, 0.3) is 0 Å². The van der Waals surface area contributed by atoms with Crippen LogP contribution in [0.4, 0.5) is 0 Å². The van der Waals surface area contributed by atoms with E-state index in [2.05, 4.69) is 4.18 Å². The molecule has 134 valence electrons. The lowest BCUT2D eigenvalue weighted by Gasteiger charge is -2.18. The summed E-state index contributed by atoms with van der Waals surface area (Å²) in [7, 11) is -4.12. The molecule has 0 radical (unpaired) electrons. The van der Waals surface area contributed by atoms with E-state index in [9.17, 15) is 8.42 Å². The first-order valence-corrected chi connectivity index (χ1v) is 9.55. The second kappa shape index (κ2) is 7.59. The topological polar surface area (TPSA) is 87.9 Å². The Labute approximate surface area is 155 Å². The van der Waals surface area contributed by atoms with Crippen LogP contribution in [-0.2, 0) is 24.0 Å². The second-order valence-corrected chi connectivity index (χ2v) is 7.42. The number of rotatable bonds is 5. The standard InChI is InChI=1S/C16H15Cl2NO5S/c17-11-7-4-8-12(18)14(11)15-13(9-22-25(19,20)21)23-16(24-15)10-5-2-1-3-6-10/h1-8,13,15-16H,9H2,(H2,19,20,21)/t13-,15+,16+/m0/s1. The van der Waals surface area contributed by atoms with Crippen LogP contribution in [0.1, 0.15) is 23.5 Å². The van der Waals surface area contributed by atoms with Gasteiger partial charge in [0.15, 0.2) is 6.29 Å². The van der Waals surface area contributed by atoms with Crippen molar-refractivity contribution in [2.45, 2.75) is 18.5 Å². The predicted octanol–water partition coefficient (Wildman–Crippen LogP) is 3.37. The summed E-state index contributed by atoms with van der Waals surface area (Å²) in [5, 5.41) is 5.67. The van der Waals surface area contributed by atoms with Crippen LogP contribution in [0, 0.1) is 0 Å². The molecule has 0 bridgehead atoms. The first-order valence-electron chi connectivity index (χ1n) is 7.32. The average Bonchev–Trinajstić information content (AvgIpc) is 2.97. The zero-order valence-corrected chi connectivity index (χ0v) is 15.2. The lowest BCUT2D eigenvalue weighted by Crippen LogP contribution is -2.27. The number of halogens is 2. The van der Waals surface area contributed by atoms with Crippen LogP contribution in [0.3, 0.4) is 0 Å². The van der Waals surface area contributed by atoms with Crippen molar-refractivity contribution in [2.24, 2.45) is 5.14 Å². The molecule has 0 unspecified atom stereocenters. The van der Waals surface area contributed by atoms with E-state index in [1.54, 1.807) is 18.2 Å². The van der Waals surface area contributed by atoms with Crippen molar-refractivity contribution in [3.05, 3.63) is 69.7 Å². The Bertz CT molecular complexity index is 827. The van der Waals surface area contributed by atoms with E-state index < -0.39 is 28.8 Å². The van der Waals surface area contributed by atoms with Gasteiger partial charge in [-0.3, -0.25) is 4.18 Å². The van der Waals surface area contributed by atoms with Crippen molar-refractivity contribution in [1.82, 2.24) is 0 Å². The van der Waals surface area contributed by atoms with Gasteiger partial charge >= 0.3 is 10.3 Å². The maximum absolute atomic E-state index is 11.1. The second-order valence-electron chi connectivity index (χ2n) is 5.39. The van der Waals surface area contributed by atoms with Gasteiger partial charge in [-0.2, -0.15) is 8.42 Å². The minimum atomic E-state index is -4.12. The molecule has 2 aromatic carbocycles. The Balaban J connectivity index is 1.91. The lowest BCUT2D eigenvalue weighted by atomic mass is 10.0. The molecular weight excluding hydrogens is 389 g/mol. The molecule has 0 aliphatic carbocycles. The van der Waals surface area contributed by atoms with Crippen LogP contribution >= 0.6 is 23.2 Å². The van der Waals surface area contributed by atoms with Crippen LogP contribution in [0.5, 0.6) is 0 Å². The first kappa shape index (κ1) is 18.6. The molecular formula is C16H15Cl2NO5S. The van der Waals surface area contributed by atoms with Crippen molar-refractivity contribution in [3.8, 4) is 0 Å². The molecule has 1 aliphatic heterocycles. The Hall–Kier alpha value is -1.19. The summed E-state index contributed by atoms with van der Waals surface area (Å²) in [6, 6.07) is 14.2. The minimum Gasteiger partial charge on any atom is -0.340 e. The molecule has 6 nitrogen and oxygen atoms in total. The van der Waals surface area contributed by atoms with Gasteiger partial charge < -0.3 is 9.47 Å². The lowest BCUT2D eigenvalue weighted by molar-refractivity contribution is -0.0727. The van der Waals surface area contributed by atoms with Crippen molar-refractivity contribution >= 4 is 33.5 Å². The van der Waals surface area contributed by atoms with Crippen molar-refractivity contribution in [2.75, 3.05) is 6.61 Å². The quantitative estimate of drug-likeness (QED) is 0.826. The molecule has 0 amide bonds. The Morgan fingerprint density at radius 2 is 1.64 bits per heavy atom. The first-order chi connectivity index (χ1) is 11.8. The van der Waals surface area contributed by atoms with Crippen molar-refractivity contribution in [1.29, 1.82) is 0 Å². The molecule has 1 heterocycles. The smallest absolute Gasteiger partial charge is 0.333 e. The van der Waals surface area contributed by atoms with Gasteiger partial charge in [0.25, 0.3) is 0 Å². The molecule has 3 atom stereocenters. The molecule has 1 saturated heterocycles. The number of nitrogens with two attached hydrogens (primary N) is 1. The van der Waals surface area contributed by atoms with Crippen LogP contribution < -0.4 is 5.14 Å². The largest absolute Gasteiger partial charge is 0.340 e. The third-order valence-electron chi connectivity index (χ3n) is 3.66. The highest BCUT2D eigenvalue weighted by Crippen LogP contribution is 2.44. The predicted molar refractivity (Wildman–Crippen MR) is 93.4 cm³/mol. The molecule has 9 heteroatoms. The van der Waals surface area contributed by atoms with E-state index in [0.29, 0.717) is 15.6 Å². The average molecular weight is 404 g/mol. The van der Waals surface area contributed by atoms with Crippen molar-refractivity contribution < 1.29 is 22.1 Å². The number of hydrogen-bond acceptors (Lipinski definition) is 5. The molecule has 0 aromatic heterocycles.